The first-order valence-corrected chi connectivity index (χ1v) is 9.90. The maximum absolute atomic E-state index is 5.96. The summed E-state index contributed by atoms with van der Waals surface area (Å²) in [6, 6.07) is 14.4. The number of halogens is 1. The van der Waals surface area contributed by atoms with Crippen LogP contribution in [0.4, 0.5) is 5.13 Å². The van der Waals surface area contributed by atoms with Crippen LogP contribution < -0.4 is 4.90 Å². The summed E-state index contributed by atoms with van der Waals surface area (Å²) >= 11 is 7.41. The van der Waals surface area contributed by atoms with Gasteiger partial charge in [0.2, 0.25) is 5.13 Å². The molecule has 5 nitrogen and oxygen atoms in total. The predicted molar refractivity (Wildman–Crippen MR) is 107 cm³/mol. The molecular weight excluding hydrogens is 366 g/mol. The van der Waals surface area contributed by atoms with Gasteiger partial charge in [-0.2, -0.15) is 9.36 Å². The van der Waals surface area contributed by atoms with Gasteiger partial charge in [-0.25, -0.2) is 4.98 Å². The van der Waals surface area contributed by atoms with Crippen LogP contribution in [-0.2, 0) is 6.42 Å². The van der Waals surface area contributed by atoms with E-state index in [9.17, 15) is 0 Å². The summed E-state index contributed by atoms with van der Waals surface area (Å²) in [5.41, 5.74) is 2.31. The number of pyridine rings is 1. The highest BCUT2D eigenvalue weighted by molar-refractivity contribution is 7.09. The molecule has 1 saturated heterocycles. The van der Waals surface area contributed by atoms with Gasteiger partial charge in [-0.05, 0) is 24.1 Å². The van der Waals surface area contributed by atoms with Crippen molar-refractivity contribution in [3.63, 3.8) is 0 Å². The first-order chi connectivity index (χ1) is 12.8. The second-order valence-corrected chi connectivity index (χ2v) is 7.45. The smallest absolute Gasteiger partial charge is 0.205 e. The molecule has 0 spiro atoms. The van der Waals surface area contributed by atoms with E-state index < -0.39 is 0 Å². The van der Waals surface area contributed by atoms with Crippen molar-refractivity contribution in [3.05, 3.63) is 59.4 Å². The second kappa shape index (κ2) is 8.12. The highest BCUT2D eigenvalue weighted by Crippen LogP contribution is 2.25. The number of benzene rings is 1. The minimum Gasteiger partial charge on any atom is -0.344 e. The molecule has 3 heterocycles. The zero-order valence-corrected chi connectivity index (χ0v) is 16.0. The molecule has 0 aliphatic carbocycles. The van der Waals surface area contributed by atoms with E-state index in [0.29, 0.717) is 5.15 Å². The number of rotatable bonds is 5. The summed E-state index contributed by atoms with van der Waals surface area (Å²) in [7, 11) is 0. The van der Waals surface area contributed by atoms with Gasteiger partial charge in [-0.3, -0.25) is 4.90 Å². The molecule has 134 valence electrons. The number of anilines is 1. The largest absolute Gasteiger partial charge is 0.344 e. The highest BCUT2D eigenvalue weighted by Gasteiger charge is 2.20. The van der Waals surface area contributed by atoms with E-state index in [1.54, 1.807) is 12.3 Å². The first kappa shape index (κ1) is 17.4. The molecule has 7 heteroatoms. The summed E-state index contributed by atoms with van der Waals surface area (Å²) in [6.07, 6.45) is 2.79. The van der Waals surface area contributed by atoms with E-state index in [4.69, 9.17) is 16.6 Å². The lowest BCUT2D eigenvalue weighted by Crippen LogP contribution is -2.47. The Bertz CT molecular complexity index is 846. The summed E-state index contributed by atoms with van der Waals surface area (Å²) in [5, 5.41) is 1.45. The van der Waals surface area contributed by atoms with E-state index in [0.717, 1.165) is 55.7 Å². The molecule has 0 amide bonds. The Morgan fingerprint density at radius 1 is 1.04 bits per heavy atom. The van der Waals surface area contributed by atoms with Crippen molar-refractivity contribution < 1.29 is 0 Å². The topological polar surface area (TPSA) is 45.2 Å². The molecule has 2 aromatic heterocycles. The summed E-state index contributed by atoms with van der Waals surface area (Å²) in [4.78, 5) is 13.5. The zero-order chi connectivity index (χ0) is 17.8. The minimum absolute atomic E-state index is 0.464. The van der Waals surface area contributed by atoms with E-state index >= 15 is 0 Å². The molecule has 1 aromatic carbocycles. The normalized spacial score (nSPS) is 15.3. The van der Waals surface area contributed by atoms with E-state index in [1.165, 1.54) is 17.1 Å². The second-order valence-electron chi connectivity index (χ2n) is 6.33. The average molecular weight is 386 g/mol. The lowest BCUT2D eigenvalue weighted by Gasteiger charge is -2.34. The van der Waals surface area contributed by atoms with Crippen molar-refractivity contribution in [2.24, 2.45) is 0 Å². The van der Waals surface area contributed by atoms with E-state index in [1.807, 2.05) is 6.07 Å². The SMILES string of the molecule is Clc1cc(-c2nsc(N3CCN(CCc4ccccc4)CC3)n2)ccn1. The van der Waals surface area contributed by atoms with Crippen LogP contribution in [0.5, 0.6) is 0 Å². The molecule has 0 unspecified atom stereocenters. The Hall–Kier alpha value is -2.02. The Morgan fingerprint density at radius 3 is 2.62 bits per heavy atom. The molecule has 0 saturated carbocycles. The molecule has 4 rings (SSSR count). The van der Waals surface area contributed by atoms with Crippen molar-refractivity contribution in [2.45, 2.75) is 6.42 Å². The zero-order valence-electron chi connectivity index (χ0n) is 14.4. The Morgan fingerprint density at radius 2 is 1.85 bits per heavy atom. The van der Waals surface area contributed by atoms with Crippen LogP contribution in [0.15, 0.2) is 48.7 Å². The van der Waals surface area contributed by atoms with Crippen LogP contribution in [0.2, 0.25) is 5.15 Å². The van der Waals surface area contributed by atoms with E-state index in [-0.39, 0.29) is 0 Å². The summed E-state index contributed by atoms with van der Waals surface area (Å²) in [6.45, 7) is 5.20. The lowest BCUT2D eigenvalue weighted by atomic mass is 10.1. The van der Waals surface area contributed by atoms with Crippen molar-refractivity contribution in [1.29, 1.82) is 0 Å². The van der Waals surface area contributed by atoms with Gasteiger partial charge < -0.3 is 4.90 Å². The van der Waals surface area contributed by atoms with Crippen molar-refractivity contribution in [2.75, 3.05) is 37.6 Å². The maximum Gasteiger partial charge on any atom is 0.205 e. The quantitative estimate of drug-likeness (QED) is 0.628. The third-order valence-electron chi connectivity index (χ3n) is 4.60. The van der Waals surface area contributed by atoms with E-state index in [2.05, 4.69) is 49.5 Å². The van der Waals surface area contributed by atoms with Crippen LogP contribution in [0, 0.1) is 0 Å². The molecule has 1 aliphatic rings. The standard InChI is InChI=1S/C19H20ClN5S/c20-17-14-16(6-8-21-17)18-22-19(26-23-18)25-12-10-24(11-13-25)9-7-15-4-2-1-3-5-15/h1-6,8,14H,7,9-13H2. The van der Waals surface area contributed by atoms with Crippen LogP contribution in [-0.4, -0.2) is 52.0 Å². The minimum atomic E-state index is 0.464. The molecule has 26 heavy (non-hydrogen) atoms. The van der Waals surface area contributed by atoms with Gasteiger partial charge >= 0.3 is 0 Å². The Kier molecular flexibility index (Phi) is 5.43. The van der Waals surface area contributed by atoms with Crippen molar-refractivity contribution >= 4 is 28.3 Å². The van der Waals surface area contributed by atoms with Gasteiger partial charge in [0.05, 0.1) is 0 Å². The highest BCUT2D eigenvalue weighted by atomic mass is 35.5. The van der Waals surface area contributed by atoms with Crippen LogP contribution in [0.3, 0.4) is 0 Å². The molecule has 1 aliphatic heterocycles. The van der Waals surface area contributed by atoms with Gasteiger partial charge in [0.25, 0.3) is 0 Å². The fourth-order valence-electron chi connectivity index (χ4n) is 3.10. The third-order valence-corrected chi connectivity index (χ3v) is 5.59. The summed E-state index contributed by atoms with van der Waals surface area (Å²) < 4.78 is 4.49. The average Bonchev–Trinajstić information content (AvgIpc) is 3.18. The number of hydrogen-bond donors (Lipinski definition) is 0. The number of nitrogens with zero attached hydrogens (tertiary/aromatic N) is 5. The van der Waals surface area contributed by atoms with Crippen molar-refractivity contribution in [3.8, 4) is 11.4 Å². The van der Waals surface area contributed by atoms with Crippen LogP contribution in [0.1, 0.15) is 5.56 Å². The monoisotopic (exact) mass is 385 g/mol. The fraction of sp³-hybridized carbons (Fsp3) is 0.316. The molecule has 1 fully saturated rings. The van der Waals surface area contributed by atoms with Gasteiger partial charge in [0.15, 0.2) is 5.82 Å². The van der Waals surface area contributed by atoms with Gasteiger partial charge in [-0.1, -0.05) is 41.9 Å². The van der Waals surface area contributed by atoms with Gasteiger partial charge in [0.1, 0.15) is 5.15 Å². The molecular formula is C19H20ClN5S. The Balaban J connectivity index is 1.32. The molecule has 3 aromatic rings. The molecule has 0 atom stereocenters. The Labute approximate surface area is 162 Å². The maximum atomic E-state index is 5.96. The third kappa shape index (κ3) is 4.20. The van der Waals surface area contributed by atoms with Gasteiger partial charge in [-0.15, -0.1) is 0 Å². The fourth-order valence-corrected chi connectivity index (χ4v) is 4.01. The summed E-state index contributed by atoms with van der Waals surface area (Å²) in [5.74, 6) is 0.723. The van der Waals surface area contributed by atoms with Crippen LogP contribution >= 0.6 is 23.1 Å². The molecule has 0 radical (unpaired) electrons. The molecule has 0 bridgehead atoms. The molecule has 0 N–H and O–H groups in total. The van der Waals surface area contributed by atoms with Crippen molar-refractivity contribution in [1.82, 2.24) is 19.2 Å². The lowest BCUT2D eigenvalue weighted by molar-refractivity contribution is 0.261. The first-order valence-electron chi connectivity index (χ1n) is 8.75. The number of hydrogen-bond acceptors (Lipinski definition) is 6. The van der Waals surface area contributed by atoms with Gasteiger partial charge in [0, 0.05) is 56.0 Å². The number of piperazine rings is 1. The van der Waals surface area contributed by atoms with Crippen LogP contribution in [0.25, 0.3) is 11.4 Å². The predicted octanol–water partition coefficient (Wildman–Crippen LogP) is 3.62. The number of aromatic nitrogens is 3.